The summed E-state index contributed by atoms with van der Waals surface area (Å²) in [5.41, 5.74) is 11.3. The quantitative estimate of drug-likeness (QED) is 0.151. The van der Waals surface area contributed by atoms with Gasteiger partial charge in [0.25, 0.3) is 5.91 Å². The molecule has 0 radical (unpaired) electrons. The number of nitriles is 1. The number of rotatable bonds is 9. The van der Waals surface area contributed by atoms with E-state index in [9.17, 15) is 14.4 Å². The van der Waals surface area contributed by atoms with Crippen molar-refractivity contribution in [3.05, 3.63) is 105 Å². The van der Waals surface area contributed by atoms with Gasteiger partial charge in [-0.3, -0.25) is 14.8 Å². The van der Waals surface area contributed by atoms with Gasteiger partial charge in [-0.25, -0.2) is 4.39 Å². The number of fused-ring (bicyclic) bond motifs is 1. The molecule has 1 amide bonds. The second kappa shape index (κ2) is 14.3. The molecule has 10 nitrogen and oxygen atoms in total. The van der Waals surface area contributed by atoms with E-state index in [1.807, 2.05) is 24.3 Å². The first-order valence-electron chi connectivity index (χ1n) is 15.7. The molecular formula is C35H36Cl2FN9O. The molecular weight excluding hydrogens is 652 g/mol. The molecule has 1 saturated heterocycles. The number of hydrogen-bond acceptors (Lipinski definition) is 9. The number of carbonyl (C=O) groups is 1. The van der Waals surface area contributed by atoms with Crippen LogP contribution in [0.2, 0.25) is 10.0 Å². The molecule has 4 aromatic rings. The van der Waals surface area contributed by atoms with E-state index >= 15 is 0 Å². The molecule has 0 unspecified atom stereocenters. The van der Waals surface area contributed by atoms with E-state index in [2.05, 4.69) is 55.7 Å². The van der Waals surface area contributed by atoms with Gasteiger partial charge in [-0.2, -0.15) is 5.26 Å². The molecule has 0 aliphatic carbocycles. The zero-order chi connectivity index (χ0) is 33.9. The summed E-state index contributed by atoms with van der Waals surface area (Å²) in [7, 11) is 3.45. The lowest BCUT2D eigenvalue weighted by atomic mass is 10.00. The number of carbonyl (C=O) groups excluding carboxylic acids is 1. The molecule has 0 bridgehead atoms. The van der Waals surface area contributed by atoms with Crippen molar-refractivity contribution in [2.75, 3.05) is 44.4 Å². The monoisotopic (exact) mass is 687 g/mol. The molecule has 3 aromatic carbocycles. The van der Waals surface area contributed by atoms with Crippen LogP contribution in [-0.4, -0.2) is 65.5 Å². The van der Waals surface area contributed by atoms with E-state index in [1.165, 1.54) is 18.3 Å². The third kappa shape index (κ3) is 6.98. The van der Waals surface area contributed by atoms with Gasteiger partial charge in [0.1, 0.15) is 11.9 Å². The maximum absolute atomic E-state index is 13.9. The van der Waals surface area contributed by atoms with Crippen molar-refractivity contribution in [2.45, 2.75) is 31.8 Å². The molecule has 2 aliphatic rings. The van der Waals surface area contributed by atoms with Gasteiger partial charge < -0.3 is 25.9 Å². The molecule has 0 saturated carbocycles. The molecule has 248 valence electrons. The summed E-state index contributed by atoms with van der Waals surface area (Å²) >= 11 is 12.9. The molecule has 3 heterocycles. The Morgan fingerprint density at radius 1 is 1.12 bits per heavy atom. The first kappa shape index (κ1) is 33.3. The number of piperidine rings is 1. The normalized spacial score (nSPS) is 15.9. The number of anilines is 3. The average molecular weight is 689 g/mol. The number of amides is 1. The first-order valence-corrected chi connectivity index (χ1v) is 16.5. The van der Waals surface area contributed by atoms with Crippen LogP contribution in [0, 0.1) is 17.1 Å². The van der Waals surface area contributed by atoms with Crippen LogP contribution < -0.4 is 21.6 Å². The van der Waals surface area contributed by atoms with Gasteiger partial charge in [0.2, 0.25) is 0 Å². The summed E-state index contributed by atoms with van der Waals surface area (Å²) in [5.74, 6) is -0.652. The molecule has 6 rings (SSSR count). The first-order chi connectivity index (χ1) is 23.1. The fourth-order valence-corrected chi connectivity index (χ4v) is 6.55. The molecule has 4 N–H and O–H groups in total. The fraction of sp³-hybridized carbons (Fsp3) is 0.286. The zero-order valence-corrected chi connectivity index (χ0v) is 28.3. The number of likely N-dealkylation sites (tertiary alicyclic amines) is 1. The predicted octanol–water partition coefficient (Wildman–Crippen LogP) is 6.80. The maximum atomic E-state index is 13.9. The highest BCUT2D eigenvalue weighted by Gasteiger charge is 2.29. The Kier molecular flexibility index (Phi) is 9.89. The SMILES string of the molecule is CCN1CCC(N2C=C([C@@H](Nc3cc(Cl)c4ncc(C#N)c(Nc5ccc(F)c(Cl)c5)c4c3)c3cccc(C(=O)N(C)C)c3)NN2)CC1. The van der Waals surface area contributed by atoms with Crippen molar-refractivity contribution in [1.82, 2.24) is 30.8 Å². The van der Waals surface area contributed by atoms with E-state index in [0.717, 1.165) is 43.7 Å². The fourth-order valence-electron chi connectivity index (χ4n) is 6.10. The Bertz CT molecular complexity index is 1920. The van der Waals surface area contributed by atoms with E-state index < -0.39 is 11.9 Å². The van der Waals surface area contributed by atoms with Crippen LogP contribution in [0.4, 0.5) is 21.5 Å². The molecule has 13 heteroatoms. The van der Waals surface area contributed by atoms with Crippen molar-refractivity contribution in [3.63, 3.8) is 0 Å². The third-order valence-electron chi connectivity index (χ3n) is 8.73. The van der Waals surface area contributed by atoms with Crippen LogP contribution in [0.25, 0.3) is 10.9 Å². The third-order valence-corrected chi connectivity index (χ3v) is 9.31. The number of hydrogen-bond donors (Lipinski definition) is 4. The number of pyridine rings is 1. The molecule has 1 atom stereocenters. The van der Waals surface area contributed by atoms with Crippen molar-refractivity contribution < 1.29 is 9.18 Å². The summed E-state index contributed by atoms with van der Waals surface area (Å²) in [4.78, 5) is 21.4. The second-order valence-electron chi connectivity index (χ2n) is 12.1. The smallest absolute Gasteiger partial charge is 0.253 e. The Labute approximate surface area is 289 Å². The van der Waals surface area contributed by atoms with Crippen molar-refractivity contribution in [1.29, 1.82) is 5.26 Å². The van der Waals surface area contributed by atoms with Gasteiger partial charge in [-0.15, -0.1) is 5.53 Å². The minimum Gasteiger partial charge on any atom is -0.373 e. The number of aromatic nitrogens is 1. The standard InChI is InChI=1S/C35H36Cl2FN9O/c1-4-46-12-10-26(11-13-46)47-20-31(43-44-47)33(21-6-5-7-22(14-21)35(48)45(2)3)42-25-15-27-32(41-24-8-9-30(38)28(36)16-24)23(18-39)19-40-34(27)29(37)17-25/h5-9,14-17,19-20,26,33,42-44H,4,10-13H2,1-3H3,(H,40,41)/t33-/m0/s1. The highest BCUT2D eigenvalue weighted by molar-refractivity contribution is 6.36. The Hall–Kier alpha value is -4.60. The lowest BCUT2D eigenvalue weighted by molar-refractivity contribution is 0.0827. The van der Waals surface area contributed by atoms with Gasteiger partial charge in [0.05, 0.1) is 38.6 Å². The van der Waals surface area contributed by atoms with Crippen molar-refractivity contribution in [2.24, 2.45) is 0 Å². The highest BCUT2D eigenvalue weighted by atomic mass is 35.5. The summed E-state index contributed by atoms with van der Waals surface area (Å²) < 4.78 is 13.9. The largest absolute Gasteiger partial charge is 0.373 e. The van der Waals surface area contributed by atoms with E-state index in [-0.39, 0.29) is 16.5 Å². The van der Waals surface area contributed by atoms with E-state index in [1.54, 1.807) is 37.2 Å². The lowest BCUT2D eigenvalue weighted by Crippen LogP contribution is -2.48. The number of halogens is 3. The second-order valence-corrected chi connectivity index (χ2v) is 12.9. The van der Waals surface area contributed by atoms with E-state index in [0.29, 0.717) is 44.6 Å². The van der Waals surface area contributed by atoms with Gasteiger partial charge in [0.15, 0.2) is 0 Å². The summed E-state index contributed by atoms with van der Waals surface area (Å²) in [6, 6.07) is 17.5. The van der Waals surface area contributed by atoms with Gasteiger partial charge in [-0.05, 0) is 67.4 Å². The number of benzene rings is 3. The lowest BCUT2D eigenvalue weighted by Gasteiger charge is -2.35. The predicted molar refractivity (Wildman–Crippen MR) is 188 cm³/mol. The Morgan fingerprint density at radius 3 is 2.60 bits per heavy atom. The molecule has 1 aromatic heterocycles. The maximum Gasteiger partial charge on any atom is 0.253 e. The number of nitrogens with zero attached hydrogens (tertiary/aromatic N) is 5. The Balaban J connectivity index is 1.40. The van der Waals surface area contributed by atoms with Crippen molar-refractivity contribution in [3.8, 4) is 6.07 Å². The summed E-state index contributed by atoms with van der Waals surface area (Å²) in [5, 5.41) is 19.8. The molecule has 2 aliphatic heterocycles. The number of nitrogens with one attached hydrogen (secondary N) is 4. The van der Waals surface area contributed by atoms with Crippen LogP contribution in [0.5, 0.6) is 0 Å². The van der Waals surface area contributed by atoms with Crippen LogP contribution in [0.15, 0.2) is 72.7 Å². The molecule has 48 heavy (non-hydrogen) atoms. The Morgan fingerprint density at radius 2 is 1.90 bits per heavy atom. The van der Waals surface area contributed by atoms with Gasteiger partial charge in [0, 0.05) is 67.9 Å². The summed E-state index contributed by atoms with van der Waals surface area (Å²) in [6.45, 7) is 5.30. The topological polar surface area (TPSA) is 112 Å². The molecule has 0 spiro atoms. The van der Waals surface area contributed by atoms with Crippen molar-refractivity contribution >= 4 is 57.1 Å². The van der Waals surface area contributed by atoms with Crippen LogP contribution in [0.1, 0.15) is 47.3 Å². The average Bonchev–Trinajstić information content (AvgIpc) is 3.59. The van der Waals surface area contributed by atoms with Gasteiger partial charge >= 0.3 is 0 Å². The van der Waals surface area contributed by atoms with Crippen LogP contribution in [0.3, 0.4) is 0 Å². The van der Waals surface area contributed by atoms with Crippen LogP contribution in [-0.2, 0) is 0 Å². The molecule has 1 fully saturated rings. The zero-order valence-electron chi connectivity index (χ0n) is 26.8. The number of hydrazine groups is 2. The van der Waals surface area contributed by atoms with Gasteiger partial charge in [-0.1, -0.05) is 42.3 Å². The van der Waals surface area contributed by atoms with E-state index in [4.69, 9.17) is 23.2 Å². The van der Waals surface area contributed by atoms with Crippen LogP contribution >= 0.6 is 23.2 Å². The minimum atomic E-state index is -0.548. The minimum absolute atomic E-state index is 0.0500. The highest BCUT2D eigenvalue weighted by Crippen LogP contribution is 2.37. The summed E-state index contributed by atoms with van der Waals surface area (Å²) in [6.07, 6.45) is 5.58.